The molecule has 2 atom stereocenters. The molecule has 0 aliphatic rings. The number of rotatable bonds is 6. The molecule has 3 rings (SSSR count). The highest BCUT2D eigenvalue weighted by Gasteiger charge is 2.37. The quantitative estimate of drug-likeness (QED) is 0.281. The summed E-state index contributed by atoms with van der Waals surface area (Å²) in [6.07, 6.45) is -4.84. The second kappa shape index (κ2) is 9.71. The average Bonchev–Trinajstić information content (AvgIpc) is 3.06. The average molecular weight is 516 g/mol. The first kappa shape index (κ1) is 27.4. The molecule has 0 saturated carbocycles. The highest BCUT2D eigenvalue weighted by atomic mass is 32.2. The molecule has 0 saturated heterocycles. The Kier molecular flexibility index (Phi) is 7.60. The van der Waals surface area contributed by atoms with Crippen LogP contribution in [0.1, 0.15) is 58.8 Å². The lowest BCUT2D eigenvalue weighted by molar-refractivity contribution is -0.140. The number of fused-ring (bicyclic) bond motifs is 1. The van der Waals surface area contributed by atoms with Crippen molar-refractivity contribution in [3.05, 3.63) is 54.0 Å². The standard InChI is InChI=1S/C25H30F5N3OS/c1-23(2,3)14-33-13-18(20(22(26)27)32-35(34)24(4,5)6)17-10-9-15(12-19(17)33)16-8-7-11-31-21(16)25(28,29)30/h7-13,20,22,32H,14H2,1-6H3/t20?,35-/m0/s1. The molecule has 0 radical (unpaired) electrons. The zero-order valence-electron chi connectivity index (χ0n) is 20.5. The summed E-state index contributed by atoms with van der Waals surface area (Å²) in [5.41, 5.74) is -0.320. The summed E-state index contributed by atoms with van der Waals surface area (Å²) < 4.78 is 85.3. The number of halogens is 5. The van der Waals surface area contributed by atoms with E-state index in [0.717, 1.165) is 6.20 Å². The molecule has 0 spiro atoms. The first-order chi connectivity index (χ1) is 16.0. The molecule has 0 amide bonds. The van der Waals surface area contributed by atoms with Gasteiger partial charge in [0.25, 0.3) is 6.43 Å². The maximum atomic E-state index is 14.2. The lowest BCUT2D eigenvalue weighted by Crippen LogP contribution is -2.43. The van der Waals surface area contributed by atoms with Crippen molar-refractivity contribution in [1.82, 2.24) is 14.3 Å². The SMILES string of the molecule is CC(C)(C)Cn1cc(C(N[S@@+]([O-])C(C)(C)C)C(F)F)c2ccc(-c3cccnc3C(F)(F)F)cc21. The second-order valence-corrected chi connectivity index (χ2v) is 12.7. The minimum atomic E-state index is -4.65. The first-order valence-electron chi connectivity index (χ1n) is 11.1. The zero-order chi connectivity index (χ0) is 26.3. The molecule has 1 N–H and O–H groups in total. The van der Waals surface area contributed by atoms with Crippen LogP contribution in [0.25, 0.3) is 22.0 Å². The maximum absolute atomic E-state index is 14.2. The van der Waals surface area contributed by atoms with Crippen molar-refractivity contribution in [3.63, 3.8) is 0 Å². The summed E-state index contributed by atoms with van der Waals surface area (Å²) in [6, 6.07) is 5.83. The Morgan fingerprint density at radius 1 is 1.06 bits per heavy atom. The van der Waals surface area contributed by atoms with Gasteiger partial charge >= 0.3 is 6.18 Å². The minimum Gasteiger partial charge on any atom is -0.598 e. The van der Waals surface area contributed by atoms with E-state index in [9.17, 15) is 26.5 Å². The van der Waals surface area contributed by atoms with Crippen LogP contribution in [0.5, 0.6) is 0 Å². The van der Waals surface area contributed by atoms with Crippen LogP contribution in [0.4, 0.5) is 22.0 Å². The number of hydrogen-bond acceptors (Lipinski definition) is 3. The van der Waals surface area contributed by atoms with Gasteiger partial charge < -0.3 is 9.12 Å². The van der Waals surface area contributed by atoms with E-state index >= 15 is 0 Å². The van der Waals surface area contributed by atoms with Gasteiger partial charge in [-0.2, -0.15) is 13.2 Å². The molecule has 4 nitrogen and oxygen atoms in total. The monoisotopic (exact) mass is 515 g/mol. The Hall–Kier alpha value is -2.17. The van der Waals surface area contributed by atoms with Crippen LogP contribution in [0, 0.1) is 5.41 Å². The first-order valence-corrected chi connectivity index (χ1v) is 12.3. The number of nitrogens with one attached hydrogen (secondary N) is 1. The van der Waals surface area contributed by atoms with Gasteiger partial charge in [-0.05, 0) is 43.9 Å². The molecular weight excluding hydrogens is 485 g/mol. The van der Waals surface area contributed by atoms with Gasteiger partial charge in [-0.1, -0.05) is 39.0 Å². The van der Waals surface area contributed by atoms with Gasteiger partial charge in [0.1, 0.15) is 10.8 Å². The molecule has 0 bridgehead atoms. The Morgan fingerprint density at radius 3 is 2.26 bits per heavy atom. The number of pyridine rings is 1. The van der Waals surface area contributed by atoms with E-state index in [1.165, 1.54) is 18.2 Å². The molecule has 10 heteroatoms. The fourth-order valence-electron chi connectivity index (χ4n) is 3.78. The van der Waals surface area contributed by atoms with Crippen molar-refractivity contribution in [2.24, 2.45) is 5.41 Å². The molecule has 35 heavy (non-hydrogen) atoms. The van der Waals surface area contributed by atoms with Crippen molar-refractivity contribution in [2.75, 3.05) is 0 Å². The van der Waals surface area contributed by atoms with Gasteiger partial charge in [0.05, 0.1) is 0 Å². The Morgan fingerprint density at radius 2 is 1.71 bits per heavy atom. The molecule has 0 aliphatic carbocycles. The molecule has 1 unspecified atom stereocenters. The summed E-state index contributed by atoms with van der Waals surface area (Å²) in [5.74, 6) is 0. The highest BCUT2D eigenvalue weighted by Crippen LogP contribution is 2.39. The van der Waals surface area contributed by atoms with E-state index in [2.05, 4.69) is 9.71 Å². The molecule has 3 aromatic rings. The lowest BCUT2D eigenvalue weighted by atomic mass is 9.96. The number of aromatic nitrogens is 2. The van der Waals surface area contributed by atoms with Crippen LogP contribution in [-0.2, 0) is 24.1 Å². The molecule has 2 aromatic heterocycles. The Bertz CT molecular complexity index is 1180. The zero-order valence-corrected chi connectivity index (χ0v) is 21.3. The van der Waals surface area contributed by atoms with Crippen molar-refractivity contribution in [1.29, 1.82) is 0 Å². The minimum absolute atomic E-state index is 0.0932. The number of benzene rings is 1. The molecule has 1 aromatic carbocycles. The fourth-order valence-corrected chi connectivity index (χ4v) is 4.60. The maximum Gasteiger partial charge on any atom is 0.433 e. The highest BCUT2D eigenvalue weighted by molar-refractivity contribution is 7.90. The van der Waals surface area contributed by atoms with E-state index in [0.29, 0.717) is 17.4 Å². The summed E-state index contributed by atoms with van der Waals surface area (Å²) in [4.78, 5) is 3.53. The van der Waals surface area contributed by atoms with E-state index in [-0.39, 0.29) is 22.1 Å². The third-order valence-electron chi connectivity index (χ3n) is 5.32. The van der Waals surface area contributed by atoms with Crippen LogP contribution < -0.4 is 4.72 Å². The van der Waals surface area contributed by atoms with Crippen LogP contribution >= 0.6 is 0 Å². The van der Waals surface area contributed by atoms with Crippen molar-refractivity contribution >= 4 is 22.3 Å². The van der Waals surface area contributed by atoms with E-state index in [1.807, 2.05) is 20.8 Å². The van der Waals surface area contributed by atoms with Crippen LogP contribution in [-0.4, -0.2) is 25.3 Å². The third-order valence-corrected chi connectivity index (χ3v) is 6.90. The number of nitrogens with zero attached hydrogens (tertiary/aromatic N) is 2. The predicted octanol–water partition coefficient (Wildman–Crippen LogP) is 7.13. The van der Waals surface area contributed by atoms with E-state index < -0.39 is 40.4 Å². The third kappa shape index (κ3) is 6.34. The predicted molar refractivity (Wildman–Crippen MR) is 129 cm³/mol. The van der Waals surface area contributed by atoms with Gasteiger partial charge in [-0.25, -0.2) is 8.78 Å². The number of hydrogen-bond donors (Lipinski definition) is 1. The normalized spacial score (nSPS) is 15.1. The Balaban J connectivity index is 2.21. The van der Waals surface area contributed by atoms with Crippen LogP contribution in [0.3, 0.4) is 0 Å². The molecule has 192 valence electrons. The molecule has 2 heterocycles. The summed E-state index contributed by atoms with van der Waals surface area (Å²) >= 11 is -1.76. The van der Waals surface area contributed by atoms with Gasteiger partial charge in [0, 0.05) is 52.3 Å². The summed E-state index contributed by atoms with van der Waals surface area (Å²) in [7, 11) is 0. The van der Waals surface area contributed by atoms with E-state index in [1.54, 1.807) is 43.7 Å². The van der Waals surface area contributed by atoms with Crippen LogP contribution in [0.2, 0.25) is 0 Å². The topological polar surface area (TPSA) is 52.9 Å². The summed E-state index contributed by atoms with van der Waals surface area (Å²) in [6.45, 7) is 11.4. The molecular formula is C25H30F5N3OS. The molecule has 0 fully saturated rings. The lowest BCUT2D eigenvalue weighted by Gasteiger charge is -2.27. The van der Waals surface area contributed by atoms with Gasteiger partial charge in [-0.15, -0.1) is 4.72 Å². The Labute approximate surface area is 205 Å². The van der Waals surface area contributed by atoms with Gasteiger partial charge in [0.2, 0.25) is 0 Å². The van der Waals surface area contributed by atoms with Crippen molar-refractivity contribution < 1.29 is 26.5 Å². The summed E-state index contributed by atoms with van der Waals surface area (Å²) in [5, 5.41) is 0.458. The fraction of sp³-hybridized carbons (Fsp3) is 0.480. The largest absolute Gasteiger partial charge is 0.598 e. The van der Waals surface area contributed by atoms with Crippen molar-refractivity contribution in [2.45, 2.75) is 71.5 Å². The van der Waals surface area contributed by atoms with Crippen molar-refractivity contribution in [3.8, 4) is 11.1 Å². The number of alkyl halides is 5. The van der Waals surface area contributed by atoms with Gasteiger partial charge in [-0.3, -0.25) is 4.98 Å². The van der Waals surface area contributed by atoms with Crippen LogP contribution in [0.15, 0.2) is 42.7 Å². The van der Waals surface area contributed by atoms with Gasteiger partial charge in [0.15, 0.2) is 5.69 Å². The molecule has 0 aliphatic heterocycles. The second-order valence-electron chi connectivity index (χ2n) is 10.7. The van der Waals surface area contributed by atoms with E-state index in [4.69, 9.17) is 0 Å². The smallest absolute Gasteiger partial charge is 0.433 e.